The Balaban J connectivity index is 2.54. The fourth-order valence-corrected chi connectivity index (χ4v) is 1.73. The molecule has 0 bridgehead atoms. The van der Waals surface area contributed by atoms with Crippen molar-refractivity contribution in [1.82, 2.24) is 0 Å². The largest absolute Gasteiger partial charge is 0.326 e. The van der Waals surface area contributed by atoms with Gasteiger partial charge < -0.3 is 11.5 Å². The molecule has 4 N–H and O–H groups in total. The highest BCUT2D eigenvalue weighted by Crippen LogP contribution is 2.27. The Morgan fingerprint density at radius 2 is 2.20 bits per heavy atom. The average molecular weight is 142 g/mol. The van der Waals surface area contributed by atoms with E-state index < -0.39 is 0 Å². The molecule has 2 atom stereocenters. The van der Waals surface area contributed by atoms with Gasteiger partial charge in [0.15, 0.2) is 0 Å². The zero-order valence-electron chi connectivity index (χ0n) is 6.77. The quantitative estimate of drug-likeness (QED) is 0.573. The number of rotatable bonds is 1. The molecular weight excluding hydrogens is 124 g/mol. The SMILES string of the molecule is CCC1(N)CCCCC1N. The minimum absolute atomic E-state index is 0.0434. The van der Waals surface area contributed by atoms with Crippen molar-refractivity contribution in [1.29, 1.82) is 0 Å². The third kappa shape index (κ3) is 1.32. The minimum Gasteiger partial charge on any atom is -0.326 e. The van der Waals surface area contributed by atoms with E-state index in [2.05, 4.69) is 6.92 Å². The summed E-state index contributed by atoms with van der Waals surface area (Å²) < 4.78 is 0. The summed E-state index contributed by atoms with van der Waals surface area (Å²) in [7, 11) is 0. The fraction of sp³-hybridized carbons (Fsp3) is 1.00. The molecule has 2 nitrogen and oxygen atoms in total. The van der Waals surface area contributed by atoms with Crippen molar-refractivity contribution in [2.75, 3.05) is 0 Å². The van der Waals surface area contributed by atoms with Crippen LogP contribution in [0.5, 0.6) is 0 Å². The van der Waals surface area contributed by atoms with Crippen molar-refractivity contribution in [3.63, 3.8) is 0 Å². The Labute approximate surface area is 63.0 Å². The molecule has 0 amide bonds. The van der Waals surface area contributed by atoms with Crippen LogP contribution in [0.4, 0.5) is 0 Å². The molecule has 1 saturated carbocycles. The van der Waals surface area contributed by atoms with Gasteiger partial charge in [-0.15, -0.1) is 0 Å². The van der Waals surface area contributed by atoms with E-state index in [1.807, 2.05) is 0 Å². The first kappa shape index (κ1) is 8.02. The third-order valence-electron chi connectivity index (χ3n) is 2.80. The molecule has 2 unspecified atom stereocenters. The van der Waals surface area contributed by atoms with Crippen LogP contribution in [-0.4, -0.2) is 11.6 Å². The smallest absolute Gasteiger partial charge is 0.0305 e. The lowest BCUT2D eigenvalue weighted by atomic mass is 9.77. The van der Waals surface area contributed by atoms with Gasteiger partial charge in [-0.05, 0) is 19.3 Å². The summed E-state index contributed by atoms with van der Waals surface area (Å²) in [6, 6.07) is 0.242. The molecule has 0 spiro atoms. The average Bonchev–Trinajstić information content (AvgIpc) is 1.96. The van der Waals surface area contributed by atoms with Gasteiger partial charge in [0, 0.05) is 11.6 Å². The van der Waals surface area contributed by atoms with Crippen molar-refractivity contribution in [2.24, 2.45) is 11.5 Å². The van der Waals surface area contributed by atoms with Gasteiger partial charge in [0.05, 0.1) is 0 Å². The summed E-state index contributed by atoms with van der Waals surface area (Å²) in [6.07, 6.45) is 5.78. The maximum atomic E-state index is 6.08. The predicted octanol–water partition coefficient (Wildman–Crippen LogP) is 0.995. The molecule has 0 heterocycles. The van der Waals surface area contributed by atoms with Gasteiger partial charge in [-0.3, -0.25) is 0 Å². The topological polar surface area (TPSA) is 52.0 Å². The molecule has 10 heavy (non-hydrogen) atoms. The van der Waals surface area contributed by atoms with Crippen LogP contribution in [0.2, 0.25) is 0 Å². The highest BCUT2D eigenvalue weighted by Gasteiger charge is 2.32. The molecule has 0 aromatic carbocycles. The first-order valence-electron chi connectivity index (χ1n) is 4.23. The van der Waals surface area contributed by atoms with E-state index in [-0.39, 0.29) is 11.6 Å². The van der Waals surface area contributed by atoms with E-state index in [4.69, 9.17) is 11.5 Å². The first-order valence-corrected chi connectivity index (χ1v) is 4.23. The lowest BCUT2D eigenvalue weighted by Gasteiger charge is -2.38. The highest BCUT2D eigenvalue weighted by atomic mass is 14.9. The van der Waals surface area contributed by atoms with Crippen molar-refractivity contribution >= 4 is 0 Å². The van der Waals surface area contributed by atoms with Crippen LogP contribution >= 0.6 is 0 Å². The van der Waals surface area contributed by atoms with Crippen LogP contribution in [0.25, 0.3) is 0 Å². The molecular formula is C8H18N2. The van der Waals surface area contributed by atoms with Crippen LogP contribution < -0.4 is 11.5 Å². The van der Waals surface area contributed by atoms with Crippen LogP contribution in [0.3, 0.4) is 0 Å². The van der Waals surface area contributed by atoms with Crippen molar-refractivity contribution in [2.45, 2.75) is 50.6 Å². The van der Waals surface area contributed by atoms with E-state index in [0.717, 1.165) is 19.3 Å². The second-order valence-electron chi connectivity index (χ2n) is 3.44. The van der Waals surface area contributed by atoms with Gasteiger partial charge in [0.25, 0.3) is 0 Å². The predicted molar refractivity (Wildman–Crippen MR) is 43.7 cm³/mol. The zero-order valence-corrected chi connectivity index (χ0v) is 6.77. The van der Waals surface area contributed by atoms with E-state index in [1.54, 1.807) is 0 Å². The highest BCUT2D eigenvalue weighted by molar-refractivity contribution is 4.95. The second-order valence-corrected chi connectivity index (χ2v) is 3.44. The Bertz CT molecular complexity index is 114. The van der Waals surface area contributed by atoms with Gasteiger partial charge in [0.2, 0.25) is 0 Å². The van der Waals surface area contributed by atoms with Crippen molar-refractivity contribution < 1.29 is 0 Å². The molecule has 0 aromatic rings. The summed E-state index contributed by atoms with van der Waals surface area (Å²) in [6.45, 7) is 2.13. The fourth-order valence-electron chi connectivity index (χ4n) is 1.73. The molecule has 2 heteroatoms. The maximum absolute atomic E-state index is 6.08. The molecule has 1 aliphatic carbocycles. The third-order valence-corrected chi connectivity index (χ3v) is 2.80. The van der Waals surface area contributed by atoms with Crippen LogP contribution in [0, 0.1) is 0 Å². The maximum Gasteiger partial charge on any atom is 0.0305 e. The van der Waals surface area contributed by atoms with Gasteiger partial charge in [-0.2, -0.15) is 0 Å². The van der Waals surface area contributed by atoms with E-state index in [1.165, 1.54) is 12.8 Å². The zero-order chi connectivity index (χ0) is 7.61. The van der Waals surface area contributed by atoms with E-state index in [9.17, 15) is 0 Å². The summed E-state index contributed by atoms with van der Waals surface area (Å²) in [5.41, 5.74) is 11.9. The van der Waals surface area contributed by atoms with Crippen LogP contribution in [-0.2, 0) is 0 Å². The van der Waals surface area contributed by atoms with Crippen LogP contribution in [0.1, 0.15) is 39.0 Å². The van der Waals surface area contributed by atoms with Gasteiger partial charge in [-0.25, -0.2) is 0 Å². The molecule has 0 aromatic heterocycles. The van der Waals surface area contributed by atoms with Crippen molar-refractivity contribution in [3.8, 4) is 0 Å². The summed E-state index contributed by atoms with van der Waals surface area (Å²) in [5.74, 6) is 0. The minimum atomic E-state index is -0.0434. The lowest BCUT2D eigenvalue weighted by molar-refractivity contribution is 0.245. The molecule has 0 radical (unpaired) electrons. The molecule has 0 saturated heterocycles. The van der Waals surface area contributed by atoms with Crippen LogP contribution in [0.15, 0.2) is 0 Å². The number of hydrogen-bond donors (Lipinski definition) is 2. The molecule has 1 rings (SSSR count). The van der Waals surface area contributed by atoms with Gasteiger partial charge in [-0.1, -0.05) is 19.8 Å². The normalized spacial score (nSPS) is 41.7. The Hall–Kier alpha value is -0.0800. The van der Waals surface area contributed by atoms with E-state index in [0.29, 0.717) is 0 Å². The lowest BCUT2D eigenvalue weighted by Crippen LogP contribution is -2.56. The summed E-state index contributed by atoms with van der Waals surface area (Å²) in [4.78, 5) is 0. The number of nitrogens with two attached hydrogens (primary N) is 2. The van der Waals surface area contributed by atoms with Crippen molar-refractivity contribution in [3.05, 3.63) is 0 Å². The number of hydrogen-bond acceptors (Lipinski definition) is 2. The Kier molecular flexibility index (Phi) is 2.32. The Morgan fingerprint density at radius 3 is 2.60 bits per heavy atom. The monoisotopic (exact) mass is 142 g/mol. The van der Waals surface area contributed by atoms with E-state index >= 15 is 0 Å². The standard InChI is InChI=1S/C8H18N2/c1-2-8(10)6-4-3-5-7(8)9/h7H,2-6,9-10H2,1H3. The van der Waals surface area contributed by atoms with Gasteiger partial charge in [0.1, 0.15) is 0 Å². The Morgan fingerprint density at radius 1 is 1.50 bits per heavy atom. The summed E-state index contributed by atoms with van der Waals surface area (Å²) in [5, 5.41) is 0. The summed E-state index contributed by atoms with van der Waals surface area (Å²) >= 11 is 0. The first-order chi connectivity index (χ1) is 4.69. The molecule has 0 aliphatic heterocycles. The molecule has 1 fully saturated rings. The van der Waals surface area contributed by atoms with Gasteiger partial charge >= 0.3 is 0 Å². The second kappa shape index (κ2) is 2.89. The molecule has 60 valence electrons. The molecule has 1 aliphatic rings.